The van der Waals surface area contributed by atoms with Crippen molar-refractivity contribution in [3.8, 4) is 0 Å². The number of hydrogen-bond donors (Lipinski definition) is 0. The molecule has 0 aliphatic carbocycles. The Balaban J connectivity index is 2.94. The second kappa shape index (κ2) is 4.86. The van der Waals surface area contributed by atoms with Crippen LogP contribution in [0.15, 0.2) is 12.3 Å². The smallest absolute Gasteiger partial charge is 0.350 e. The van der Waals surface area contributed by atoms with E-state index in [9.17, 15) is 17.6 Å². The summed E-state index contributed by atoms with van der Waals surface area (Å²) in [6.07, 6.45) is -3.48. The number of aromatic nitrogens is 1. The second-order valence-corrected chi connectivity index (χ2v) is 3.51. The van der Waals surface area contributed by atoms with Gasteiger partial charge in [0, 0.05) is 12.6 Å². The minimum atomic E-state index is -4.34. The average molecular weight is 257 g/mol. The zero-order valence-corrected chi connectivity index (χ0v) is 9.11. The molecule has 0 N–H and O–H groups in total. The fourth-order valence-corrected chi connectivity index (χ4v) is 1.46. The topological polar surface area (TPSA) is 16.1 Å². The fraction of sp³-hybridized carbons (Fsp3) is 0.444. The standard InChI is InChI=1S/C9H9ClF4N2/c1-16(5-9(12,13)14)8-6(3-10)2-7(11)4-15-8/h2,4H,3,5H2,1H3. The highest BCUT2D eigenvalue weighted by Gasteiger charge is 2.30. The van der Waals surface area contributed by atoms with Gasteiger partial charge in [0.05, 0.1) is 12.1 Å². The number of nitrogens with zero attached hydrogens (tertiary/aromatic N) is 2. The van der Waals surface area contributed by atoms with Gasteiger partial charge < -0.3 is 4.90 Å². The average Bonchev–Trinajstić information content (AvgIpc) is 2.14. The fourth-order valence-electron chi connectivity index (χ4n) is 1.26. The summed E-state index contributed by atoms with van der Waals surface area (Å²) in [6.45, 7) is -1.16. The van der Waals surface area contributed by atoms with Crippen molar-refractivity contribution in [2.45, 2.75) is 12.1 Å². The maximum absolute atomic E-state index is 12.8. The largest absolute Gasteiger partial charge is 0.405 e. The molecule has 1 rings (SSSR count). The summed E-state index contributed by atoms with van der Waals surface area (Å²) in [6, 6.07) is 1.07. The van der Waals surface area contributed by atoms with Crippen LogP contribution >= 0.6 is 11.6 Å². The van der Waals surface area contributed by atoms with E-state index in [1.807, 2.05) is 0 Å². The van der Waals surface area contributed by atoms with Crippen LogP contribution in [0.25, 0.3) is 0 Å². The Bertz CT molecular complexity index is 367. The Morgan fingerprint density at radius 2 is 2.06 bits per heavy atom. The van der Waals surface area contributed by atoms with Crippen molar-refractivity contribution < 1.29 is 17.6 Å². The van der Waals surface area contributed by atoms with E-state index in [4.69, 9.17) is 11.6 Å². The Kier molecular flexibility index (Phi) is 3.96. The lowest BCUT2D eigenvalue weighted by Crippen LogP contribution is -2.32. The minimum Gasteiger partial charge on any atom is -0.350 e. The molecule has 1 aromatic rings. The molecule has 90 valence electrons. The Hall–Kier alpha value is -1.04. The molecule has 0 aliphatic heterocycles. The molecule has 2 nitrogen and oxygen atoms in total. The highest BCUT2D eigenvalue weighted by atomic mass is 35.5. The molecule has 16 heavy (non-hydrogen) atoms. The molecule has 0 unspecified atom stereocenters. The molecule has 0 radical (unpaired) electrons. The van der Waals surface area contributed by atoms with Crippen LogP contribution in [-0.2, 0) is 5.88 Å². The van der Waals surface area contributed by atoms with E-state index in [2.05, 4.69) is 4.98 Å². The van der Waals surface area contributed by atoms with E-state index in [0.717, 1.165) is 17.2 Å². The first-order valence-corrected chi connectivity index (χ1v) is 4.85. The maximum Gasteiger partial charge on any atom is 0.405 e. The van der Waals surface area contributed by atoms with Crippen LogP contribution in [0.4, 0.5) is 23.4 Å². The third-order valence-corrected chi connectivity index (χ3v) is 2.12. The molecule has 0 atom stereocenters. The zero-order valence-electron chi connectivity index (χ0n) is 8.35. The van der Waals surface area contributed by atoms with E-state index in [-0.39, 0.29) is 17.3 Å². The monoisotopic (exact) mass is 256 g/mol. The predicted octanol–water partition coefficient (Wildman–Crippen LogP) is 2.96. The predicted molar refractivity (Wildman–Crippen MR) is 53.1 cm³/mol. The molecule has 1 heterocycles. The Morgan fingerprint density at radius 1 is 1.44 bits per heavy atom. The number of halogens is 5. The molecule has 1 aromatic heterocycles. The number of anilines is 1. The highest BCUT2D eigenvalue weighted by Crippen LogP contribution is 2.23. The number of pyridine rings is 1. The van der Waals surface area contributed by atoms with Gasteiger partial charge in [-0.25, -0.2) is 9.37 Å². The first-order valence-electron chi connectivity index (χ1n) is 4.32. The van der Waals surface area contributed by atoms with Crippen molar-refractivity contribution in [1.82, 2.24) is 4.98 Å². The van der Waals surface area contributed by atoms with Gasteiger partial charge in [0.1, 0.15) is 18.2 Å². The van der Waals surface area contributed by atoms with Gasteiger partial charge in [0.15, 0.2) is 0 Å². The van der Waals surface area contributed by atoms with Gasteiger partial charge in [-0.1, -0.05) is 0 Å². The van der Waals surface area contributed by atoms with Gasteiger partial charge >= 0.3 is 6.18 Å². The number of alkyl halides is 4. The summed E-state index contributed by atoms with van der Waals surface area (Å²) in [5, 5.41) is 0. The van der Waals surface area contributed by atoms with Crippen LogP contribution in [0.1, 0.15) is 5.56 Å². The van der Waals surface area contributed by atoms with Crippen LogP contribution in [-0.4, -0.2) is 24.8 Å². The third kappa shape index (κ3) is 3.52. The lowest BCUT2D eigenvalue weighted by Gasteiger charge is -2.21. The lowest BCUT2D eigenvalue weighted by atomic mass is 10.2. The van der Waals surface area contributed by atoms with Crippen LogP contribution in [0.2, 0.25) is 0 Å². The molecule has 0 spiro atoms. The van der Waals surface area contributed by atoms with Gasteiger partial charge in [-0.3, -0.25) is 0 Å². The summed E-state index contributed by atoms with van der Waals surface area (Å²) < 4.78 is 49.2. The molecular formula is C9H9ClF4N2. The SMILES string of the molecule is CN(CC(F)(F)F)c1ncc(F)cc1CCl. The van der Waals surface area contributed by atoms with Gasteiger partial charge in [-0.2, -0.15) is 13.2 Å². The second-order valence-electron chi connectivity index (χ2n) is 3.24. The summed E-state index contributed by atoms with van der Waals surface area (Å²) in [7, 11) is 1.23. The van der Waals surface area contributed by atoms with Crippen LogP contribution < -0.4 is 4.90 Å². The zero-order chi connectivity index (χ0) is 12.3. The molecule has 0 amide bonds. The molecular weight excluding hydrogens is 248 g/mol. The van der Waals surface area contributed by atoms with Gasteiger partial charge in [-0.05, 0) is 6.07 Å². The van der Waals surface area contributed by atoms with Crippen molar-refractivity contribution in [2.75, 3.05) is 18.5 Å². The maximum atomic E-state index is 12.8. The van der Waals surface area contributed by atoms with E-state index in [0.29, 0.717) is 0 Å². The van der Waals surface area contributed by atoms with Crippen LogP contribution in [0.3, 0.4) is 0 Å². The first kappa shape index (κ1) is 13.0. The summed E-state index contributed by atoms with van der Waals surface area (Å²) >= 11 is 5.50. The highest BCUT2D eigenvalue weighted by molar-refractivity contribution is 6.17. The molecule has 0 aromatic carbocycles. The third-order valence-electron chi connectivity index (χ3n) is 1.83. The number of hydrogen-bond acceptors (Lipinski definition) is 2. The minimum absolute atomic E-state index is 0.0359. The lowest BCUT2D eigenvalue weighted by molar-refractivity contribution is -0.119. The van der Waals surface area contributed by atoms with Gasteiger partial charge in [0.2, 0.25) is 0 Å². The molecule has 0 bridgehead atoms. The number of rotatable bonds is 3. The van der Waals surface area contributed by atoms with Crippen molar-refractivity contribution >= 4 is 17.4 Å². The Labute approximate surface area is 94.8 Å². The first-order chi connectivity index (χ1) is 7.33. The van der Waals surface area contributed by atoms with Crippen LogP contribution in [0, 0.1) is 5.82 Å². The summed E-state index contributed by atoms with van der Waals surface area (Å²) in [4.78, 5) is 4.49. The summed E-state index contributed by atoms with van der Waals surface area (Å²) in [5.74, 6) is -0.684. The molecule has 0 fully saturated rings. The molecule has 0 saturated heterocycles. The molecule has 7 heteroatoms. The van der Waals surface area contributed by atoms with Crippen molar-refractivity contribution in [3.63, 3.8) is 0 Å². The van der Waals surface area contributed by atoms with Crippen LogP contribution in [0.5, 0.6) is 0 Å². The molecule has 0 aliphatic rings. The van der Waals surface area contributed by atoms with Gasteiger partial charge in [-0.15, -0.1) is 11.6 Å². The quantitative estimate of drug-likeness (QED) is 0.611. The van der Waals surface area contributed by atoms with E-state index >= 15 is 0 Å². The van der Waals surface area contributed by atoms with E-state index in [1.165, 1.54) is 7.05 Å². The van der Waals surface area contributed by atoms with E-state index in [1.54, 1.807) is 0 Å². The van der Waals surface area contributed by atoms with Gasteiger partial charge in [0.25, 0.3) is 0 Å². The summed E-state index contributed by atoms with van der Waals surface area (Å²) in [5.41, 5.74) is 0.230. The Morgan fingerprint density at radius 3 is 2.56 bits per heavy atom. The molecule has 0 saturated carbocycles. The van der Waals surface area contributed by atoms with E-state index < -0.39 is 18.5 Å². The van der Waals surface area contributed by atoms with Crippen molar-refractivity contribution in [2.24, 2.45) is 0 Å². The van der Waals surface area contributed by atoms with Crippen molar-refractivity contribution in [3.05, 3.63) is 23.6 Å². The van der Waals surface area contributed by atoms with Crippen molar-refractivity contribution in [1.29, 1.82) is 0 Å². The normalized spacial score (nSPS) is 11.6.